The number of halogens is 2. The van der Waals surface area contributed by atoms with Crippen LogP contribution in [0.2, 0.25) is 0 Å². The van der Waals surface area contributed by atoms with Gasteiger partial charge in [-0.3, -0.25) is 24.4 Å². The van der Waals surface area contributed by atoms with E-state index in [1.54, 1.807) is 0 Å². The molecular formula is C28H44Cl2N4O11. The van der Waals surface area contributed by atoms with Gasteiger partial charge in [-0.15, -0.1) is 28.3 Å². The van der Waals surface area contributed by atoms with E-state index in [0.29, 0.717) is 17.1 Å². The van der Waals surface area contributed by atoms with Crippen molar-refractivity contribution in [3.05, 3.63) is 0 Å². The molecule has 2 aliphatic heterocycles. The van der Waals surface area contributed by atoms with Gasteiger partial charge in [0.1, 0.15) is 13.2 Å². The number of alkyl halides is 2. The van der Waals surface area contributed by atoms with Crippen LogP contribution in [-0.2, 0) is 43.1 Å². The second-order valence-electron chi connectivity index (χ2n) is 9.95. The van der Waals surface area contributed by atoms with Crippen molar-refractivity contribution in [3.63, 3.8) is 0 Å². The number of carboxylic acids is 1. The van der Waals surface area contributed by atoms with Crippen LogP contribution >= 0.6 is 23.2 Å². The van der Waals surface area contributed by atoms with E-state index in [4.69, 9.17) is 33.5 Å². The van der Waals surface area contributed by atoms with Crippen molar-refractivity contribution in [2.75, 3.05) is 32.8 Å². The van der Waals surface area contributed by atoms with E-state index < -0.39 is 35.6 Å². The SMILES string of the molecule is C(=NC1CCCCC1)=NC1CCCCC1.COCC(=O)O.COCC(=O)ON1C(=O)CCC1=O.ClCCl.O=C1CCC(=O)N1O. The van der Waals surface area contributed by atoms with Crippen LogP contribution in [0.3, 0.4) is 0 Å². The maximum atomic E-state index is 10.9. The molecular weight excluding hydrogens is 639 g/mol. The van der Waals surface area contributed by atoms with Gasteiger partial charge >= 0.3 is 11.9 Å². The molecule has 0 spiro atoms. The van der Waals surface area contributed by atoms with Gasteiger partial charge < -0.3 is 19.4 Å². The molecule has 0 aromatic carbocycles. The van der Waals surface area contributed by atoms with Gasteiger partial charge in [0.05, 0.1) is 23.4 Å². The van der Waals surface area contributed by atoms with Crippen LogP contribution in [0.4, 0.5) is 0 Å². The Bertz CT molecular complexity index is 943. The van der Waals surface area contributed by atoms with Gasteiger partial charge in [0, 0.05) is 39.9 Å². The van der Waals surface area contributed by atoms with E-state index in [9.17, 15) is 28.8 Å². The predicted octanol–water partition coefficient (Wildman–Crippen LogP) is 3.73. The first-order chi connectivity index (χ1) is 21.5. The zero-order chi connectivity index (χ0) is 34.0. The average Bonchev–Trinajstić information content (AvgIpc) is 3.49. The van der Waals surface area contributed by atoms with Crippen LogP contribution in [0.5, 0.6) is 0 Å². The fourth-order valence-electron chi connectivity index (χ4n) is 4.21. The predicted molar refractivity (Wildman–Crippen MR) is 162 cm³/mol. The third kappa shape index (κ3) is 20.7. The smallest absolute Gasteiger partial charge is 0.358 e. The summed E-state index contributed by atoms with van der Waals surface area (Å²) in [5, 5.41) is 17.0. The van der Waals surface area contributed by atoms with Gasteiger partial charge in [0.25, 0.3) is 23.6 Å². The Morgan fingerprint density at radius 2 is 1.13 bits per heavy atom. The Kier molecular flexibility index (Phi) is 24.6. The third-order valence-corrected chi connectivity index (χ3v) is 6.38. The Morgan fingerprint density at radius 3 is 1.42 bits per heavy atom. The summed E-state index contributed by atoms with van der Waals surface area (Å²) in [6, 6.07) is 4.04. The van der Waals surface area contributed by atoms with E-state index in [0.717, 1.165) is 0 Å². The molecule has 4 fully saturated rings. The number of ether oxygens (including phenoxy) is 2. The zero-order valence-electron chi connectivity index (χ0n) is 25.8. The first kappa shape index (κ1) is 42.1. The lowest BCUT2D eigenvalue weighted by atomic mass is 9.96. The molecule has 4 aliphatic rings. The molecule has 2 saturated carbocycles. The van der Waals surface area contributed by atoms with Crippen molar-refractivity contribution in [2.24, 2.45) is 9.98 Å². The monoisotopic (exact) mass is 682 g/mol. The van der Waals surface area contributed by atoms with Crippen molar-refractivity contribution < 1.29 is 53.4 Å². The molecule has 17 heteroatoms. The summed E-state index contributed by atoms with van der Waals surface area (Å²) in [6.45, 7) is -0.489. The third-order valence-electron chi connectivity index (χ3n) is 6.38. The van der Waals surface area contributed by atoms with Gasteiger partial charge in [-0.2, -0.15) is 5.06 Å². The fourth-order valence-corrected chi connectivity index (χ4v) is 4.21. The first-order valence-corrected chi connectivity index (χ1v) is 15.6. The molecule has 0 atom stereocenters. The van der Waals surface area contributed by atoms with E-state index in [-0.39, 0.29) is 49.3 Å². The molecule has 0 bridgehead atoms. The van der Waals surface area contributed by atoms with Crippen LogP contribution in [0.25, 0.3) is 0 Å². The van der Waals surface area contributed by atoms with Crippen molar-refractivity contribution in [1.29, 1.82) is 0 Å². The molecule has 0 unspecified atom stereocenters. The Labute approximate surface area is 272 Å². The molecule has 15 nitrogen and oxygen atoms in total. The van der Waals surface area contributed by atoms with E-state index in [1.165, 1.54) is 78.4 Å². The number of carboxylic acid groups (broad SMARTS) is 1. The number of hydrogen-bond donors (Lipinski definition) is 2. The topological polar surface area (TPSA) is 202 Å². The van der Waals surface area contributed by atoms with Gasteiger partial charge in [-0.1, -0.05) is 38.5 Å². The van der Waals surface area contributed by atoms with Gasteiger partial charge in [0.2, 0.25) is 0 Å². The molecule has 4 rings (SSSR count). The quantitative estimate of drug-likeness (QED) is 0.171. The normalized spacial score (nSPS) is 18.1. The molecule has 0 radical (unpaired) electrons. The molecule has 256 valence electrons. The van der Waals surface area contributed by atoms with Crippen molar-refractivity contribution in [1.82, 2.24) is 10.1 Å². The van der Waals surface area contributed by atoms with Crippen molar-refractivity contribution in [2.45, 2.75) is 102 Å². The molecule has 4 amide bonds. The second-order valence-corrected chi connectivity index (χ2v) is 10.8. The summed E-state index contributed by atoms with van der Waals surface area (Å²) in [5.74, 6) is -3.68. The highest BCUT2D eigenvalue weighted by atomic mass is 35.5. The Morgan fingerprint density at radius 1 is 0.756 bits per heavy atom. The molecule has 0 aromatic rings. The lowest BCUT2D eigenvalue weighted by Gasteiger charge is -2.17. The summed E-state index contributed by atoms with van der Waals surface area (Å²) in [7, 11) is 2.66. The van der Waals surface area contributed by atoms with E-state index in [2.05, 4.69) is 30.3 Å². The minimum absolute atomic E-state index is 0.0963. The number of carbonyl (C=O) groups excluding carboxylic acids is 5. The fraction of sp³-hybridized carbons (Fsp3) is 0.750. The molecule has 45 heavy (non-hydrogen) atoms. The van der Waals surface area contributed by atoms with Gasteiger partial charge in [0.15, 0.2) is 0 Å². The van der Waals surface area contributed by atoms with Crippen molar-refractivity contribution >= 4 is 64.8 Å². The first-order valence-electron chi connectivity index (χ1n) is 14.6. The lowest BCUT2D eigenvalue weighted by molar-refractivity contribution is -0.199. The minimum atomic E-state index is -0.933. The maximum Gasteiger partial charge on any atom is 0.358 e. The highest BCUT2D eigenvalue weighted by Crippen LogP contribution is 2.21. The van der Waals surface area contributed by atoms with Crippen LogP contribution in [-0.4, -0.2) is 107 Å². The number of hydroxylamine groups is 4. The molecule has 0 aromatic heterocycles. The van der Waals surface area contributed by atoms with E-state index in [1.807, 2.05) is 0 Å². The molecule has 2 N–H and O–H groups in total. The largest absolute Gasteiger partial charge is 0.480 e. The maximum absolute atomic E-state index is 10.9. The Hall–Kier alpha value is -2.94. The van der Waals surface area contributed by atoms with E-state index >= 15 is 0 Å². The number of imide groups is 2. The number of methoxy groups -OCH3 is 2. The number of hydrogen-bond acceptors (Lipinski definition) is 12. The standard InChI is InChI=1S/C13H22N2.C7H9NO5.C4H5NO3.C3H6O3.CH2Cl2/c1-3-7-12(8-4-1)14-11-15-13-9-5-2-6-10-13;1-12-4-7(11)13-8-5(9)2-3-6(8)10;6-3-1-2-4(7)5(3)8;1-6-2-3(4)5;2-1-3/h12-13H,1-10H2;2-4H2,1H3;8H,1-2H2;2H2,1H3,(H,4,5);1H2. The van der Waals surface area contributed by atoms with Gasteiger partial charge in [-0.05, 0) is 25.7 Å². The second kappa shape index (κ2) is 26.3. The number of aliphatic carboxylic acids is 1. The summed E-state index contributed by atoms with van der Waals surface area (Å²) in [6.07, 6.45) is 13.7. The van der Waals surface area contributed by atoms with Crippen LogP contribution < -0.4 is 0 Å². The summed E-state index contributed by atoms with van der Waals surface area (Å²) in [4.78, 5) is 75.9. The number of carbonyl (C=O) groups is 6. The van der Waals surface area contributed by atoms with Crippen molar-refractivity contribution in [3.8, 4) is 0 Å². The summed E-state index contributed by atoms with van der Waals surface area (Å²) in [5.41, 5.74) is 0. The highest BCUT2D eigenvalue weighted by molar-refractivity contribution is 6.40. The highest BCUT2D eigenvalue weighted by Gasteiger charge is 2.32. The molecule has 2 saturated heterocycles. The van der Waals surface area contributed by atoms with Crippen LogP contribution in [0.15, 0.2) is 9.98 Å². The number of rotatable bonds is 7. The van der Waals surface area contributed by atoms with Crippen LogP contribution in [0.1, 0.15) is 89.9 Å². The molecule has 2 aliphatic carbocycles. The Balaban J connectivity index is 0.000000586. The average molecular weight is 684 g/mol. The minimum Gasteiger partial charge on any atom is -0.480 e. The summed E-state index contributed by atoms with van der Waals surface area (Å²) >= 11 is 9.53. The summed E-state index contributed by atoms with van der Waals surface area (Å²) < 4.78 is 8.66. The lowest BCUT2D eigenvalue weighted by Crippen LogP contribution is -2.33. The number of amides is 4. The zero-order valence-corrected chi connectivity index (χ0v) is 27.3. The van der Waals surface area contributed by atoms with Crippen LogP contribution in [0, 0.1) is 0 Å². The molecule has 2 heterocycles. The van der Waals surface area contributed by atoms with Gasteiger partial charge in [-0.25, -0.2) is 19.6 Å². The number of nitrogens with zero attached hydrogens (tertiary/aromatic N) is 4. The number of aliphatic imine (C=N–C) groups is 2.